The Labute approximate surface area is 174 Å². The number of Topliss-reactive ketones (excluding diaryl/α,β-unsaturated/α-hetero) is 1. The van der Waals surface area contributed by atoms with Gasteiger partial charge in [0.05, 0.1) is 5.41 Å². The molecule has 1 heterocycles. The third-order valence-electron chi connectivity index (χ3n) is 6.27. The highest BCUT2D eigenvalue weighted by molar-refractivity contribution is 6.31. The summed E-state index contributed by atoms with van der Waals surface area (Å²) < 4.78 is 0. The SMILES string of the molecule is C/C=C(\C)[C@H]1CC(=O)C[C@@H](c2cccc(Cl)c2)[C@]12C(=O)Nc1cc(Cl)ccc12. The van der Waals surface area contributed by atoms with Crippen molar-refractivity contribution in [2.24, 2.45) is 5.92 Å². The lowest BCUT2D eigenvalue weighted by Gasteiger charge is -2.46. The van der Waals surface area contributed by atoms with Gasteiger partial charge in [-0.25, -0.2) is 0 Å². The van der Waals surface area contributed by atoms with Crippen LogP contribution in [-0.2, 0) is 15.0 Å². The van der Waals surface area contributed by atoms with Crippen molar-refractivity contribution in [1.29, 1.82) is 0 Å². The van der Waals surface area contributed by atoms with Crippen molar-refractivity contribution in [1.82, 2.24) is 0 Å². The summed E-state index contributed by atoms with van der Waals surface area (Å²) in [4.78, 5) is 26.4. The molecule has 1 N–H and O–H groups in total. The number of carbonyl (C=O) groups is 2. The van der Waals surface area contributed by atoms with Gasteiger partial charge in [-0.1, -0.05) is 53.1 Å². The normalized spacial score (nSPS) is 27.1. The van der Waals surface area contributed by atoms with Crippen LogP contribution in [0.3, 0.4) is 0 Å². The first-order valence-corrected chi connectivity index (χ1v) is 10.1. The molecule has 0 bridgehead atoms. The third-order valence-corrected chi connectivity index (χ3v) is 6.74. The number of hydrogen-bond donors (Lipinski definition) is 1. The molecule has 0 saturated heterocycles. The number of amides is 1. The molecule has 1 spiro atoms. The maximum Gasteiger partial charge on any atom is 0.236 e. The largest absolute Gasteiger partial charge is 0.325 e. The van der Waals surface area contributed by atoms with Crippen LogP contribution < -0.4 is 5.32 Å². The van der Waals surface area contributed by atoms with Crippen LogP contribution >= 0.6 is 23.2 Å². The summed E-state index contributed by atoms with van der Waals surface area (Å²) in [5.41, 5.74) is 2.72. The Morgan fingerprint density at radius 2 is 1.86 bits per heavy atom. The second kappa shape index (κ2) is 7.06. The molecule has 1 saturated carbocycles. The Balaban J connectivity index is 2.02. The fourth-order valence-electron chi connectivity index (χ4n) is 4.95. The Hall–Kier alpha value is -2.10. The van der Waals surface area contributed by atoms with E-state index in [1.807, 2.05) is 50.3 Å². The van der Waals surface area contributed by atoms with Gasteiger partial charge in [-0.05, 0) is 49.2 Å². The van der Waals surface area contributed by atoms with Gasteiger partial charge in [-0.2, -0.15) is 0 Å². The summed E-state index contributed by atoms with van der Waals surface area (Å²) in [7, 11) is 0. The van der Waals surface area contributed by atoms with Crippen molar-refractivity contribution in [3.63, 3.8) is 0 Å². The predicted molar refractivity (Wildman–Crippen MR) is 113 cm³/mol. The van der Waals surface area contributed by atoms with Crippen molar-refractivity contribution in [3.8, 4) is 0 Å². The number of rotatable bonds is 2. The zero-order chi connectivity index (χ0) is 20.1. The van der Waals surface area contributed by atoms with Gasteiger partial charge in [0.2, 0.25) is 5.91 Å². The molecule has 1 fully saturated rings. The van der Waals surface area contributed by atoms with E-state index in [2.05, 4.69) is 5.32 Å². The fraction of sp³-hybridized carbons (Fsp3) is 0.304. The maximum atomic E-state index is 13.6. The smallest absolute Gasteiger partial charge is 0.236 e. The molecule has 28 heavy (non-hydrogen) atoms. The first-order valence-electron chi connectivity index (χ1n) is 9.39. The summed E-state index contributed by atoms with van der Waals surface area (Å²) in [5.74, 6) is -0.426. The van der Waals surface area contributed by atoms with Crippen LogP contribution in [0.4, 0.5) is 5.69 Å². The third kappa shape index (κ3) is 2.80. The van der Waals surface area contributed by atoms with Crippen molar-refractivity contribution in [2.45, 2.75) is 38.0 Å². The Kier molecular flexibility index (Phi) is 4.84. The van der Waals surface area contributed by atoms with Gasteiger partial charge in [-0.3, -0.25) is 9.59 Å². The van der Waals surface area contributed by atoms with E-state index in [9.17, 15) is 9.59 Å². The number of halogens is 2. The molecule has 0 aromatic heterocycles. The average Bonchev–Trinajstić information content (AvgIpc) is 2.94. The highest BCUT2D eigenvalue weighted by atomic mass is 35.5. The number of benzene rings is 2. The highest BCUT2D eigenvalue weighted by Gasteiger charge is 2.60. The van der Waals surface area contributed by atoms with Crippen molar-refractivity contribution >= 4 is 40.6 Å². The Bertz CT molecular complexity index is 1010. The van der Waals surface area contributed by atoms with Crippen LogP contribution in [0.5, 0.6) is 0 Å². The number of fused-ring (bicyclic) bond motifs is 2. The van der Waals surface area contributed by atoms with Crippen LogP contribution in [0.15, 0.2) is 54.1 Å². The lowest BCUT2D eigenvalue weighted by Crippen LogP contribution is -2.51. The zero-order valence-electron chi connectivity index (χ0n) is 15.8. The molecular weight excluding hydrogens is 393 g/mol. The number of allylic oxidation sites excluding steroid dienone is 2. The molecule has 5 heteroatoms. The van der Waals surface area contributed by atoms with Crippen molar-refractivity contribution < 1.29 is 9.59 Å². The van der Waals surface area contributed by atoms with Crippen LogP contribution in [0, 0.1) is 5.92 Å². The molecule has 2 aliphatic rings. The van der Waals surface area contributed by atoms with E-state index in [1.54, 1.807) is 12.1 Å². The van der Waals surface area contributed by atoms with Gasteiger partial charge in [-0.15, -0.1) is 0 Å². The molecule has 2 aromatic carbocycles. The Morgan fingerprint density at radius 3 is 2.57 bits per heavy atom. The molecule has 144 valence electrons. The van der Waals surface area contributed by atoms with E-state index in [1.165, 1.54) is 0 Å². The number of hydrogen-bond acceptors (Lipinski definition) is 2. The van der Waals surface area contributed by atoms with Crippen LogP contribution in [0.25, 0.3) is 0 Å². The summed E-state index contributed by atoms with van der Waals surface area (Å²) in [6.45, 7) is 3.95. The van der Waals surface area contributed by atoms with E-state index < -0.39 is 5.41 Å². The van der Waals surface area contributed by atoms with Gasteiger partial charge in [0.15, 0.2) is 0 Å². The molecular formula is C23H21Cl2NO2. The predicted octanol–water partition coefficient (Wildman–Crippen LogP) is 5.91. The topological polar surface area (TPSA) is 46.2 Å². The summed E-state index contributed by atoms with van der Waals surface area (Å²) in [6.07, 6.45) is 2.66. The first-order chi connectivity index (χ1) is 13.4. The number of carbonyl (C=O) groups excluding carboxylic acids is 2. The summed E-state index contributed by atoms with van der Waals surface area (Å²) in [6, 6.07) is 13.0. The average molecular weight is 414 g/mol. The Morgan fingerprint density at radius 1 is 1.11 bits per heavy atom. The monoisotopic (exact) mass is 413 g/mol. The summed E-state index contributed by atoms with van der Waals surface area (Å²) in [5, 5.41) is 4.21. The van der Waals surface area contributed by atoms with E-state index in [0.717, 1.165) is 22.4 Å². The maximum absolute atomic E-state index is 13.6. The highest BCUT2D eigenvalue weighted by Crippen LogP contribution is 2.58. The van der Waals surface area contributed by atoms with Gasteiger partial charge < -0.3 is 5.32 Å². The minimum atomic E-state index is -0.866. The molecule has 4 rings (SSSR count). The van der Waals surface area contributed by atoms with Crippen molar-refractivity contribution in [3.05, 3.63) is 75.3 Å². The van der Waals surface area contributed by atoms with Crippen molar-refractivity contribution in [2.75, 3.05) is 5.32 Å². The minimum Gasteiger partial charge on any atom is -0.325 e. The van der Waals surface area contributed by atoms with Gasteiger partial charge in [0, 0.05) is 40.4 Å². The second-order valence-electron chi connectivity index (χ2n) is 7.65. The fourth-order valence-corrected chi connectivity index (χ4v) is 5.32. The standard InChI is InChI=1S/C23H21Cl2NO2/c1-3-13(2)19-11-17(27)12-20(14-5-4-6-15(24)9-14)23(19)18-8-7-16(25)10-21(18)26-22(23)28/h3-10,19-20H,11-12H2,1-2H3,(H,26,28)/b13-3+/t19-,20+,23-/m1/s1. The number of anilines is 1. The lowest BCUT2D eigenvalue weighted by molar-refractivity contribution is -0.130. The lowest BCUT2D eigenvalue weighted by atomic mass is 9.54. The molecule has 3 atom stereocenters. The molecule has 0 radical (unpaired) electrons. The van der Waals surface area contributed by atoms with Crippen LogP contribution in [0.2, 0.25) is 10.0 Å². The second-order valence-corrected chi connectivity index (χ2v) is 8.53. The van der Waals surface area contributed by atoms with E-state index in [4.69, 9.17) is 23.2 Å². The van der Waals surface area contributed by atoms with Crippen LogP contribution in [0.1, 0.15) is 43.7 Å². The van der Waals surface area contributed by atoms with Gasteiger partial charge in [0.25, 0.3) is 0 Å². The molecule has 3 nitrogen and oxygen atoms in total. The van der Waals surface area contributed by atoms with Gasteiger partial charge >= 0.3 is 0 Å². The molecule has 0 unspecified atom stereocenters. The summed E-state index contributed by atoms with van der Waals surface area (Å²) >= 11 is 12.5. The zero-order valence-corrected chi connectivity index (χ0v) is 17.3. The molecule has 1 aliphatic heterocycles. The van der Waals surface area contributed by atoms with Crippen LogP contribution in [-0.4, -0.2) is 11.7 Å². The van der Waals surface area contributed by atoms with Gasteiger partial charge in [0.1, 0.15) is 5.78 Å². The number of nitrogens with one attached hydrogen (secondary N) is 1. The minimum absolute atomic E-state index is 0.0755. The number of ketones is 1. The molecule has 1 aliphatic carbocycles. The molecule has 1 amide bonds. The first kappa shape index (κ1) is 19.2. The molecule has 2 aromatic rings. The van der Waals surface area contributed by atoms with E-state index in [-0.39, 0.29) is 23.5 Å². The van der Waals surface area contributed by atoms with E-state index >= 15 is 0 Å². The quantitative estimate of drug-likeness (QED) is 0.621. The van der Waals surface area contributed by atoms with E-state index in [0.29, 0.717) is 22.9 Å².